The molecule has 3 aliphatic rings. The lowest BCUT2D eigenvalue weighted by Crippen LogP contribution is -2.68. The second-order valence-corrected chi connectivity index (χ2v) is 18.7. The summed E-state index contributed by atoms with van der Waals surface area (Å²) in [5.74, 6) is 0. The van der Waals surface area contributed by atoms with Crippen molar-refractivity contribution in [2.75, 3.05) is 0 Å². The average Bonchev–Trinajstić information content (AvgIpc) is 2.62. The maximum Gasteiger partial charge on any atom is 0.0910 e. The fourth-order valence-electron chi connectivity index (χ4n) is 6.99. The molecule has 0 bridgehead atoms. The molecule has 2 heterocycles. The van der Waals surface area contributed by atoms with E-state index in [1.54, 1.807) is 11.2 Å². The molecule has 2 fully saturated rings. The summed E-state index contributed by atoms with van der Waals surface area (Å²) in [5, 5.41) is 2.19. The molecule has 2 aliphatic heterocycles. The molecule has 2 saturated heterocycles. The number of hydrogen-bond donors (Lipinski definition) is 0. The smallest absolute Gasteiger partial charge is 0.0832 e. The van der Waals surface area contributed by atoms with Crippen molar-refractivity contribution in [1.82, 2.24) is 0 Å². The Morgan fingerprint density at radius 3 is 2.43 bits per heavy atom. The summed E-state index contributed by atoms with van der Waals surface area (Å²) in [6.07, 6.45) is 11.5. The van der Waals surface area contributed by atoms with Gasteiger partial charge in [0.2, 0.25) is 0 Å². The zero-order valence-corrected chi connectivity index (χ0v) is 17.1. The number of hydrogen-bond acceptors (Lipinski definition) is 0. The quantitative estimate of drug-likeness (QED) is 0.574. The maximum atomic E-state index is 2.72. The molecule has 2 heteroatoms. The highest BCUT2D eigenvalue weighted by Gasteiger charge is 2.72. The van der Waals surface area contributed by atoms with Crippen molar-refractivity contribution in [3.63, 3.8) is 0 Å². The van der Waals surface area contributed by atoms with E-state index in [1.807, 2.05) is 0 Å². The molecule has 0 N–H and O–H groups in total. The molecule has 0 radical (unpaired) electrons. The summed E-state index contributed by atoms with van der Waals surface area (Å²) in [7, 11) is -2.73. The van der Waals surface area contributed by atoms with E-state index in [0.29, 0.717) is 10.5 Å². The molecule has 0 nitrogen and oxygen atoms in total. The largest absolute Gasteiger partial charge is 0.0910 e. The van der Waals surface area contributed by atoms with Crippen LogP contribution in [0.2, 0.25) is 41.8 Å². The highest BCUT2D eigenvalue weighted by Crippen LogP contribution is 2.78. The van der Waals surface area contributed by atoms with Gasteiger partial charge in [0.25, 0.3) is 0 Å². The molecule has 1 aromatic carbocycles. The zero-order chi connectivity index (χ0) is 16.3. The molecule has 1 unspecified atom stereocenters. The van der Waals surface area contributed by atoms with E-state index < -0.39 is 16.1 Å². The molecule has 0 amide bonds. The van der Waals surface area contributed by atoms with Crippen LogP contribution in [0.3, 0.4) is 0 Å². The van der Waals surface area contributed by atoms with Crippen LogP contribution in [0.5, 0.6) is 0 Å². The van der Waals surface area contributed by atoms with Gasteiger partial charge in [-0.3, -0.25) is 0 Å². The van der Waals surface area contributed by atoms with Crippen LogP contribution >= 0.6 is 0 Å². The third kappa shape index (κ3) is 1.82. The van der Waals surface area contributed by atoms with Gasteiger partial charge >= 0.3 is 0 Å². The molecule has 1 aromatic rings. The monoisotopic (exact) mass is 338 g/mol. The minimum atomic E-state index is -1.53. The lowest BCUT2D eigenvalue weighted by molar-refractivity contribution is 0.235. The molecule has 1 aliphatic carbocycles. The van der Waals surface area contributed by atoms with Gasteiger partial charge < -0.3 is 0 Å². The van der Waals surface area contributed by atoms with Gasteiger partial charge in [-0.1, -0.05) is 111 Å². The zero-order valence-electron chi connectivity index (χ0n) is 15.1. The third-order valence-electron chi connectivity index (χ3n) is 7.76. The van der Waals surface area contributed by atoms with Gasteiger partial charge in [-0.25, -0.2) is 0 Å². The van der Waals surface area contributed by atoms with E-state index >= 15 is 0 Å². The van der Waals surface area contributed by atoms with Crippen LogP contribution in [-0.4, -0.2) is 16.1 Å². The first-order valence-corrected chi connectivity index (χ1v) is 15.0. The maximum absolute atomic E-state index is 2.72. The van der Waals surface area contributed by atoms with Gasteiger partial charge in [0.1, 0.15) is 0 Å². The van der Waals surface area contributed by atoms with Crippen LogP contribution in [0.15, 0.2) is 54.6 Å². The van der Waals surface area contributed by atoms with E-state index in [4.69, 9.17) is 0 Å². The lowest BCUT2D eigenvalue weighted by Gasteiger charge is -2.71. The Hall–Kier alpha value is -0.866. The van der Waals surface area contributed by atoms with Gasteiger partial charge in [0.15, 0.2) is 0 Å². The van der Waals surface area contributed by atoms with Crippen LogP contribution in [0.1, 0.15) is 20.3 Å². The summed E-state index contributed by atoms with van der Waals surface area (Å²) >= 11 is 0. The summed E-state index contributed by atoms with van der Waals surface area (Å²) in [6, 6.07) is 16.1. The Balaban J connectivity index is 1.92. The van der Waals surface area contributed by atoms with Gasteiger partial charge in [0.05, 0.1) is 16.1 Å². The summed E-state index contributed by atoms with van der Waals surface area (Å²) in [5.41, 5.74) is 1.28. The summed E-state index contributed by atoms with van der Waals surface area (Å²) in [4.78, 5) is 0. The van der Waals surface area contributed by atoms with E-state index in [2.05, 4.69) is 81.6 Å². The molecule has 4 rings (SSSR count). The first-order chi connectivity index (χ1) is 10.9. The molecule has 23 heavy (non-hydrogen) atoms. The number of allylic oxidation sites excluding steroid dienone is 4. The lowest BCUT2D eigenvalue weighted by atomic mass is 9.73. The van der Waals surface area contributed by atoms with E-state index in [9.17, 15) is 0 Å². The van der Waals surface area contributed by atoms with Gasteiger partial charge in [0, 0.05) is 0 Å². The Bertz CT molecular complexity index is 674. The van der Waals surface area contributed by atoms with Crippen LogP contribution in [0.4, 0.5) is 0 Å². The first kappa shape index (κ1) is 15.6. The first-order valence-electron chi connectivity index (χ1n) is 9.27. The average molecular weight is 339 g/mol. The Kier molecular flexibility index (Phi) is 3.28. The standard InChI is InChI=1S/C21H30Si2/c1-20(2)17-22(3)15-10-16-23(4,18-11-6-5-7-12-18)19-13-8-9-14-21(19,20)22/h5-9,11-14,19H,10,15-17H2,1-4H3/t19-,21?,22-,23+/m0/s1. The Labute approximate surface area is 143 Å². The minimum Gasteiger partial charge on any atom is -0.0832 e. The van der Waals surface area contributed by atoms with Crippen LogP contribution in [0, 0.1) is 5.41 Å². The fraction of sp³-hybridized carbons (Fsp3) is 0.524. The number of benzene rings is 1. The molecule has 0 aromatic heterocycles. The van der Waals surface area contributed by atoms with Crippen molar-refractivity contribution in [2.45, 2.75) is 62.1 Å². The number of rotatable bonds is 1. The fourth-order valence-corrected chi connectivity index (χ4v) is 21.0. The topological polar surface area (TPSA) is 0 Å². The minimum absolute atomic E-state index is 0.479. The van der Waals surface area contributed by atoms with Gasteiger partial charge in [-0.2, -0.15) is 0 Å². The van der Waals surface area contributed by atoms with Crippen LogP contribution < -0.4 is 5.19 Å². The van der Waals surface area contributed by atoms with Crippen LogP contribution in [0.25, 0.3) is 0 Å². The van der Waals surface area contributed by atoms with Crippen molar-refractivity contribution < 1.29 is 0 Å². The normalized spacial score (nSPS) is 43.9. The third-order valence-corrected chi connectivity index (χ3v) is 19.4. The van der Waals surface area contributed by atoms with Crippen molar-refractivity contribution in [1.29, 1.82) is 0 Å². The molecule has 122 valence electrons. The van der Waals surface area contributed by atoms with Gasteiger partial charge in [-0.15, -0.1) is 0 Å². The van der Waals surface area contributed by atoms with Crippen molar-refractivity contribution in [2.24, 2.45) is 5.41 Å². The Morgan fingerprint density at radius 1 is 1.00 bits per heavy atom. The highest BCUT2D eigenvalue weighted by atomic mass is 28.3. The van der Waals surface area contributed by atoms with E-state index in [1.165, 1.54) is 18.5 Å². The molecular weight excluding hydrogens is 308 g/mol. The molecular formula is C21H30Si2. The Morgan fingerprint density at radius 2 is 1.74 bits per heavy atom. The van der Waals surface area contributed by atoms with Crippen LogP contribution in [-0.2, 0) is 0 Å². The SMILES string of the molecule is CC1(C)C[Si@]2(C)CCC[Si@](C)(c3ccccc3)[C@H]3C=CC=CC312. The van der Waals surface area contributed by atoms with Crippen molar-refractivity contribution in [3.8, 4) is 0 Å². The van der Waals surface area contributed by atoms with E-state index in [-0.39, 0.29) is 0 Å². The second-order valence-electron chi connectivity index (χ2n) is 9.35. The van der Waals surface area contributed by atoms with Crippen molar-refractivity contribution in [3.05, 3.63) is 54.6 Å². The molecule has 0 saturated carbocycles. The predicted molar refractivity (Wildman–Crippen MR) is 107 cm³/mol. The molecule has 1 spiro atoms. The highest BCUT2D eigenvalue weighted by molar-refractivity contribution is 6.97. The van der Waals surface area contributed by atoms with E-state index in [0.717, 1.165) is 5.54 Å². The summed E-state index contributed by atoms with van der Waals surface area (Å²) < 4.78 is 0. The van der Waals surface area contributed by atoms with Crippen molar-refractivity contribution >= 4 is 21.3 Å². The van der Waals surface area contributed by atoms with Gasteiger partial charge in [-0.05, 0) is 16.0 Å². The predicted octanol–water partition coefficient (Wildman–Crippen LogP) is 5.73. The second kappa shape index (κ2) is 4.83. The summed E-state index contributed by atoms with van der Waals surface area (Å²) in [6.45, 7) is 10.5. The molecule has 4 atom stereocenters.